The quantitative estimate of drug-likeness (QED) is 0.500. The van der Waals surface area contributed by atoms with E-state index in [1.54, 1.807) is 0 Å². The van der Waals surface area contributed by atoms with Crippen LogP contribution in [0.4, 0.5) is 0 Å². The van der Waals surface area contributed by atoms with Crippen molar-refractivity contribution in [3.05, 3.63) is 69.6 Å². The van der Waals surface area contributed by atoms with Gasteiger partial charge in [0.25, 0.3) is 0 Å². The van der Waals surface area contributed by atoms with Gasteiger partial charge in [-0.05, 0) is 67.4 Å². The van der Waals surface area contributed by atoms with Crippen molar-refractivity contribution in [2.24, 2.45) is 11.8 Å². The first-order valence-corrected chi connectivity index (χ1v) is 9.21. The Morgan fingerprint density at radius 2 is 1.44 bits per heavy atom. The van der Waals surface area contributed by atoms with Crippen molar-refractivity contribution >= 4 is 45.8 Å². The van der Waals surface area contributed by atoms with Crippen molar-refractivity contribution < 1.29 is 0 Å². The standard InChI is InChI=1S/C25H22/c1-15-7-10-18-5-4-6-19-20-12-9-17(3)22-13-16(2)8-11-21(25(20)22)23(14-15)24(18)19/h4-16H,1-3H3. The molecule has 2 unspecified atom stereocenters. The normalized spacial score (nSPS) is 20.9. The molecule has 3 aromatic rings. The zero-order valence-electron chi connectivity index (χ0n) is 15.0. The molecule has 0 aromatic heterocycles. The molecule has 0 heteroatoms. The molecule has 5 rings (SSSR count). The summed E-state index contributed by atoms with van der Waals surface area (Å²) in [5, 5.41) is 8.39. The molecule has 0 nitrogen and oxygen atoms in total. The molecule has 0 N–H and O–H groups in total. The molecule has 3 aromatic carbocycles. The van der Waals surface area contributed by atoms with Gasteiger partial charge in [-0.2, -0.15) is 0 Å². The van der Waals surface area contributed by atoms with Gasteiger partial charge in [0, 0.05) is 0 Å². The highest BCUT2D eigenvalue weighted by atomic mass is 14.2. The molecular formula is C25H22. The maximum Gasteiger partial charge on any atom is -0.00269 e. The summed E-state index contributed by atoms with van der Waals surface area (Å²) >= 11 is 0. The van der Waals surface area contributed by atoms with E-state index in [0.717, 1.165) is 0 Å². The van der Waals surface area contributed by atoms with Crippen LogP contribution in [0, 0.1) is 18.8 Å². The van der Waals surface area contributed by atoms with Crippen LogP contribution in [0.3, 0.4) is 0 Å². The molecule has 0 heterocycles. The molecule has 2 atom stereocenters. The van der Waals surface area contributed by atoms with Gasteiger partial charge < -0.3 is 0 Å². The van der Waals surface area contributed by atoms with Crippen molar-refractivity contribution in [1.82, 2.24) is 0 Å². The molecule has 0 amide bonds. The average molecular weight is 322 g/mol. The van der Waals surface area contributed by atoms with Gasteiger partial charge in [0.2, 0.25) is 0 Å². The Labute approximate surface area is 148 Å². The zero-order chi connectivity index (χ0) is 17.1. The van der Waals surface area contributed by atoms with E-state index >= 15 is 0 Å². The van der Waals surface area contributed by atoms with E-state index in [9.17, 15) is 0 Å². The van der Waals surface area contributed by atoms with Crippen LogP contribution in [-0.4, -0.2) is 0 Å². The predicted octanol–water partition coefficient (Wildman–Crippen LogP) is 5.19. The van der Waals surface area contributed by atoms with E-state index in [1.807, 2.05) is 0 Å². The van der Waals surface area contributed by atoms with Gasteiger partial charge in [-0.25, -0.2) is 0 Å². The third-order valence-corrected chi connectivity index (χ3v) is 5.68. The highest BCUT2D eigenvalue weighted by Gasteiger charge is 2.16. The molecule has 0 saturated carbocycles. The summed E-state index contributed by atoms with van der Waals surface area (Å²) in [4.78, 5) is 0. The third-order valence-electron chi connectivity index (χ3n) is 5.68. The van der Waals surface area contributed by atoms with Crippen molar-refractivity contribution in [3.63, 3.8) is 0 Å². The van der Waals surface area contributed by atoms with Gasteiger partial charge >= 0.3 is 0 Å². The molecule has 25 heavy (non-hydrogen) atoms. The van der Waals surface area contributed by atoms with Crippen LogP contribution in [0.5, 0.6) is 0 Å². The molecule has 0 saturated heterocycles. The Hall–Kier alpha value is -2.60. The van der Waals surface area contributed by atoms with Gasteiger partial charge in [-0.15, -0.1) is 0 Å². The van der Waals surface area contributed by atoms with Crippen LogP contribution in [0.2, 0.25) is 0 Å². The van der Waals surface area contributed by atoms with E-state index < -0.39 is 0 Å². The van der Waals surface area contributed by atoms with Crippen LogP contribution in [0.15, 0.2) is 42.5 Å². The minimum atomic E-state index is 0.440. The number of fused-ring (bicyclic) bond motifs is 2. The van der Waals surface area contributed by atoms with Crippen LogP contribution in [0.25, 0.3) is 45.8 Å². The monoisotopic (exact) mass is 322 g/mol. The molecule has 122 valence electrons. The topological polar surface area (TPSA) is 0 Å². The molecule has 0 radical (unpaired) electrons. The first kappa shape index (κ1) is 14.7. The van der Waals surface area contributed by atoms with Gasteiger partial charge in [-0.3, -0.25) is 0 Å². The molecule has 0 bridgehead atoms. The number of allylic oxidation sites excluding steroid dienone is 2. The minimum absolute atomic E-state index is 0.440. The lowest BCUT2D eigenvalue weighted by Crippen LogP contribution is -2.16. The largest absolute Gasteiger partial charge is 0.0773 e. The fourth-order valence-corrected chi connectivity index (χ4v) is 4.44. The number of rotatable bonds is 0. The Bertz CT molecular complexity index is 1220. The molecule has 0 fully saturated rings. The second-order valence-electron chi connectivity index (χ2n) is 7.59. The zero-order valence-corrected chi connectivity index (χ0v) is 15.0. The van der Waals surface area contributed by atoms with E-state index in [1.165, 1.54) is 48.7 Å². The summed E-state index contributed by atoms with van der Waals surface area (Å²) in [5.74, 6) is 0.892. The first-order chi connectivity index (χ1) is 12.1. The summed E-state index contributed by atoms with van der Waals surface area (Å²) in [6.45, 7) is 6.79. The third kappa shape index (κ3) is 2.07. The van der Waals surface area contributed by atoms with Crippen LogP contribution in [0.1, 0.15) is 30.5 Å². The van der Waals surface area contributed by atoms with Crippen molar-refractivity contribution in [2.45, 2.75) is 20.8 Å². The fraction of sp³-hybridized carbons (Fsp3) is 0.200. The molecule has 2 aliphatic rings. The highest BCUT2D eigenvalue weighted by Crippen LogP contribution is 2.30. The number of hydrogen-bond acceptors (Lipinski definition) is 0. The summed E-state index contributed by atoms with van der Waals surface area (Å²) in [6.07, 6.45) is 14.2. The van der Waals surface area contributed by atoms with Crippen LogP contribution >= 0.6 is 0 Å². The lowest BCUT2D eigenvalue weighted by atomic mass is 9.90. The summed E-state index contributed by atoms with van der Waals surface area (Å²) in [6, 6.07) is 11.3. The Morgan fingerprint density at radius 3 is 2.28 bits per heavy atom. The van der Waals surface area contributed by atoms with Crippen LogP contribution < -0.4 is 10.4 Å². The van der Waals surface area contributed by atoms with Gasteiger partial charge in [0.1, 0.15) is 0 Å². The second kappa shape index (κ2) is 5.20. The Balaban J connectivity index is 2.19. The summed E-state index contributed by atoms with van der Waals surface area (Å²) in [7, 11) is 0. The van der Waals surface area contributed by atoms with E-state index in [2.05, 4.69) is 87.6 Å². The molecule has 2 aliphatic carbocycles. The Kier molecular flexibility index (Phi) is 3.06. The van der Waals surface area contributed by atoms with Crippen molar-refractivity contribution in [2.75, 3.05) is 0 Å². The SMILES string of the molecule is Cc1ccc2c3c(c4c5c(cccc52)C=CC(C)C=4)C=CC(C)C=c13. The van der Waals surface area contributed by atoms with Crippen LogP contribution in [-0.2, 0) is 0 Å². The Morgan fingerprint density at radius 1 is 0.720 bits per heavy atom. The summed E-state index contributed by atoms with van der Waals surface area (Å²) < 4.78 is 0. The highest BCUT2D eigenvalue weighted by molar-refractivity contribution is 6.14. The molecular weight excluding hydrogens is 300 g/mol. The van der Waals surface area contributed by atoms with E-state index in [4.69, 9.17) is 0 Å². The summed E-state index contributed by atoms with van der Waals surface area (Å²) in [5.41, 5.74) is 4.10. The first-order valence-electron chi connectivity index (χ1n) is 9.21. The predicted molar refractivity (Wildman–Crippen MR) is 111 cm³/mol. The smallest absolute Gasteiger partial charge is 0.00269 e. The number of hydrogen-bond donors (Lipinski definition) is 0. The minimum Gasteiger partial charge on any atom is -0.0773 e. The number of benzene rings is 3. The molecule has 0 spiro atoms. The van der Waals surface area contributed by atoms with E-state index in [-0.39, 0.29) is 0 Å². The average Bonchev–Trinajstić information content (AvgIpc) is 2.88. The maximum atomic E-state index is 2.44. The maximum absolute atomic E-state index is 2.44. The van der Waals surface area contributed by atoms with Gasteiger partial charge in [0.15, 0.2) is 0 Å². The molecule has 0 aliphatic heterocycles. The van der Waals surface area contributed by atoms with Gasteiger partial charge in [-0.1, -0.05) is 80.6 Å². The van der Waals surface area contributed by atoms with Crippen molar-refractivity contribution in [3.8, 4) is 0 Å². The lowest BCUT2D eigenvalue weighted by molar-refractivity contribution is 1.00. The fourth-order valence-electron chi connectivity index (χ4n) is 4.44. The van der Waals surface area contributed by atoms with E-state index in [0.29, 0.717) is 11.8 Å². The van der Waals surface area contributed by atoms with Gasteiger partial charge in [0.05, 0.1) is 0 Å². The number of aryl methyl sites for hydroxylation is 1. The van der Waals surface area contributed by atoms with Crippen molar-refractivity contribution in [1.29, 1.82) is 0 Å². The second-order valence-corrected chi connectivity index (χ2v) is 7.59. The lowest BCUT2D eigenvalue weighted by Gasteiger charge is -2.13.